The minimum atomic E-state index is -0.230. The number of aromatic nitrogens is 1. The Morgan fingerprint density at radius 3 is 2.68 bits per heavy atom. The molecule has 0 unspecified atom stereocenters. The van der Waals surface area contributed by atoms with Crippen molar-refractivity contribution in [1.82, 2.24) is 10.3 Å². The van der Waals surface area contributed by atoms with Crippen molar-refractivity contribution >= 4 is 39.9 Å². The number of hydrogen-bond donors (Lipinski definition) is 2. The number of halogens is 1. The standard InChI is InChI=1S/C18H22ClN3O2S/c1-2-3-4-11-20-16(23)10-9-15-12-25-18(21-15)22-17(24)13-5-7-14(19)8-6-13/h5-8,12H,2-4,9-11H2,1H3,(H,20,23)(H,21,22,24). The first-order chi connectivity index (χ1) is 12.1. The number of nitrogens with one attached hydrogen (secondary N) is 2. The number of carbonyl (C=O) groups excluding carboxylic acids is 2. The van der Waals surface area contributed by atoms with E-state index in [4.69, 9.17) is 11.6 Å². The summed E-state index contributed by atoms with van der Waals surface area (Å²) in [6, 6.07) is 6.66. The number of amides is 2. The first-order valence-corrected chi connectivity index (χ1v) is 9.62. The predicted molar refractivity (Wildman–Crippen MR) is 102 cm³/mol. The summed E-state index contributed by atoms with van der Waals surface area (Å²) >= 11 is 7.16. The summed E-state index contributed by atoms with van der Waals surface area (Å²) in [5, 5.41) is 8.64. The number of benzene rings is 1. The molecule has 2 rings (SSSR count). The molecular weight excluding hydrogens is 358 g/mol. The molecule has 0 atom stereocenters. The summed E-state index contributed by atoms with van der Waals surface area (Å²) in [4.78, 5) is 28.2. The zero-order valence-electron chi connectivity index (χ0n) is 14.2. The van der Waals surface area contributed by atoms with Gasteiger partial charge in [-0.05, 0) is 37.1 Å². The van der Waals surface area contributed by atoms with E-state index >= 15 is 0 Å². The van der Waals surface area contributed by atoms with Gasteiger partial charge in [0.15, 0.2) is 5.13 Å². The number of unbranched alkanes of at least 4 members (excludes halogenated alkanes) is 2. The van der Waals surface area contributed by atoms with Crippen molar-refractivity contribution < 1.29 is 9.59 Å². The van der Waals surface area contributed by atoms with Crippen LogP contribution in [-0.4, -0.2) is 23.3 Å². The van der Waals surface area contributed by atoms with Gasteiger partial charge >= 0.3 is 0 Å². The topological polar surface area (TPSA) is 71.1 Å². The van der Waals surface area contributed by atoms with Crippen LogP contribution in [0.15, 0.2) is 29.6 Å². The van der Waals surface area contributed by atoms with Crippen LogP contribution in [0.1, 0.15) is 48.7 Å². The Hall–Kier alpha value is -1.92. The lowest BCUT2D eigenvalue weighted by Crippen LogP contribution is -2.24. The van der Waals surface area contributed by atoms with Crippen LogP contribution in [0.3, 0.4) is 0 Å². The predicted octanol–water partition coefficient (Wildman–Crippen LogP) is 4.29. The molecule has 134 valence electrons. The van der Waals surface area contributed by atoms with Crippen molar-refractivity contribution in [3.05, 3.63) is 45.9 Å². The van der Waals surface area contributed by atoms with Gasteiger partial charge in [0, 0.05) is 28.9 Å². The Morgan fingerprint density at radius 1 is 1.20 bits per heavy atom. The SMILES string of the molecule is CCCCCNC(=O)CCc1csc(NC(=O)c2ccc(Cl)cc2)n1. The normalized spacial score (nSPS) is 10.5. The van der Waals surface area contributed by atoms with Crippen LogP contribution in [0, 0.1) is 0 Å². The fourth-order valence-electron chi connectivity index (χ4n) is 2.18. The van der Waals surface area contributed by atoms with E-state index in [1.165, 1.54) is 11.3 Å². The first-order valence-electron chi connectivity index (χ1n) is 8.36. The number of thiazole rings is 1. The van der Waals surface area contributed by atoms with E-state index < -0.39 is 0 Å². The van der Waals surface area contributed by atoms with Gasteiger partial charge in [-0.3, -0.25) is 14.9 Å². The van der Waals surface area contributed by atoms with Crippen LogP contribution in [0.5, 0.6) is 0 Å². The summed E-state index contributed by atoms with van der Waals surface area (Å²) in [6.45, 7) is 2.86. The van der Waals surface area contributed by atoms with Crippen LogP contribution in [0.25, 0.3) is 0 Å². The Kier molecular flexibility index (Phi) is 7.88. The smallest absolute Gasteiger partial charge is 0.257 e. The second kappa shape index (κ2) is 10.2. The number of carbonyl (C=O) groups is 2. The van der Waals surface area contributed by atoms with Crippen LogP contribution < -0.4 is 10.6 Å². The maximum atomic E-state index is 12.1. The van der Waals surface area contributed by atoms with E-state index in [2.05, 4.69) is 22.5 Å². The molecule has 0 aliphatic heterocycles. The molecule has 2 N–H and O–H groups in total. The molecule has 5 nitrogen and oxygen atoms in total. The van der Waals surface area contributed by atoms with Crippen LogP contribution >= 0.6 is 22.9 Å². The second-order valence-corrected chi connectivity index (χ2v) is 6.96. The van der Waals surface area contributed by atoms with Gasteiger partial charge in [-0.15, -0.1) is 11.3 Å². The molecule has 0 spiro atoms. The van der Waals surface area contributed by atoms with Gasteiger partial charge < -0.3 is 5.32 Å². The fraction of sp³-hybridized carbons (Fsp3) is 0.389. The molecule has 0 aliphatic carbocycles. The molecular formula is C18H22ClN3O2S. The molecule has 1 heterocycles. The summed E-state index contributed by atoms with van der Waals surface area (Å²) in [7, 11) is 0. The molecule has 25 heavy (non-hydrogen) atoms. The Balaban J connectivity index is 1.77. The lowest BCUT2D eigenvalue weighted by molar-refractivity contribution is -0.121. The van der Waals surface area contributed by atoms with Gasteiger partial charge in [-0.2, -0.15) is 0 Å². The molecule has 1 aromatic carbocycles. The molecule has 0 bridgehead atoms. The maximum absolute atomic E-state index is 12.1. The average molecular weight is 380 g/mol. The highest BCUT2D eigenvalue weighted by Crippen LogP contribution is 2.18. The Bertz CT molecular complexity index is 701. The maximum Gasteiger partial charge on any atom is 0.257 e. The molecule has 2 amide bonds. The third kappa shape index (κ3) is 6.84. The number of anilines is 1. The molecule has 0 aliphatic rings. The van der Waals surface area contributed by atoms with E-state index in [9.17, 15) is 9.59 Å². The fourth-order valence-corrected chi connectivity index (χ4v) is 3.05. The lowest BCUT2D eigenvalue weighted by atomic mass is 10.2. The Morgan fingerprint density at radius 2 is 1.96 bits per heavy atom. The molecule has 7 heteroatoms. The minimum Gasteiger partial charge on any atom is -0.356 e. The van der Waals surface area contributed by atoms with E-state index in [0.29, 0.717) is 28.6 Å². The summed E-state index contributed by atoms with van der Waals surface area (Å²) < 4.78 is 0. The largest absolute Gasteiger partial charge is 0.356 e. The van der Waals surface area contributed by atoms with Crippen LogP contribution in [-0.2, 0) is 11.2 Å². The van der Waals surface area contributed by atoms with Gasteiger partial charge in [0.05, 0.1) is 5.69 Å². The first kappa shape index (κ1) is 19.4. The minimum absolute atomic E-state index is 0.0378. The van der Waals surface area contributed by atoms with Crippen LogP contribution in [0.4, 0.5) is 5.13 Å². The monoisotopic (exact) mass is 379 g/mol. The molecule has 0 saturated heterocycles. The van der Waals surface area contributed by atoms with Crippen molar-refractivity contribution in [2.75, 3.05) is 11.9 Å². The Labute approximate surface area is 156 Å². The van der Waals surface area contributed by atoms with E-state index in [1.807, 2.05) is 5.38 Å². The van der Waals surface area contributed by atoms with Crippen molar-refractivity contribution in [3.63, 3.8) is 0 Å². The average Bonchev–Trinajstić information content (AvgIpc) is 3.05. The third-order valence-corrected chi connectivity index (χ3v) is 4.65. The summed E-state index contributed by atoms with van der Waals surface area (Å²) in [6.07, 6.45) is 4.25. The quantitative estimate of drug-likeness (QED) is 0.638. The second-order valence-electron chi connectivity index (χ2n) is 5.66. The number of nitrogens with zero attached hydrogens (tertiary/aromatic N) is 1. The highest BCUT2D eigenvalue weighted by Gasteiger charge is 2.10. The zero-order valence-corrected chi connectivity index (χ0v) is 15.8. The summed E-state index contributed by atoms with van der Waals surface area (Å²) in [5.41, 5.74) is 1.33. The molecule has 1 aromatic heterocycles. The van der Waals surface area contributed by atoms with Crippen molar-refractivity contribution in [3.8, 4) is 0 Å². The number of hydrogen-bond acceptors (Lipinski definition) is 4. The van der Waals surface area contributed by atoms with E-state index in [-0.39, 0.29) is 11.8 Å². The number of aryl methyl sites for hydroxylation is 1. The zero-order chi connectivity index (χ0) is 18.1. The molecule has 0 saturated carbocycles. The van der Waals surface area contributed by atoms with Crippen molar-refractivity contribution in [2.45, 2.75) is 39.0 Å². The van der Waals surface area contributed by atoms with Crippen LogP contribution in [0.2, 0.25) is 5.02 Å². The van der Waals surface area contributed by atoms with Gasteiger partial charge in [0.25, 0.3) is 5.91 Å². The molecule has 2 aromatic rings. The summed E-state index contributed by atoms with van der Waals surface area (Å²) in [5.74, 6) is -0.193. The third-order valence-electron chi connectivity index (χ3n) is 3.59. The highest BCUT2D eigenvalue weighted by atomic mass is 35.5. The van der Waals surface area contributed by atoms with Gasteiger partial charge in [0.1, 0.15) is 0 Å². The van der Waals surface area contributed by atoms with Gasteiger partial charge in [0.2, 0.25) is 5.91 Å². The van der Waals surface area contributed by atoms with Gasteiger partial charge in [-0.1, -0.05) is 31.4 Å². The molecule has 0 fully saturated rings. The highest BCUT2D eigenvalue weighted by molar-refractivity contribution is 7.14. The van der Waals surface area contributed by atoms with E-state index in [0.717, 1.165) is 31.5 Å². The molecule has 0 radical (unpaired) electrons. The van der Waals surface area contributed by atoms with Crippen molar-refractivity contribution in [1.29, 1.82) is 0 Å². The lowest BCUT2D eigenvalue weighted by Gasteiger charge is -2.03. The van der Waals surface area contributed by atoms with E-state index in [1.54, 1.807) is 24.3 Å². The van der Waals surface area contributed by atoms with Crippen molar-refractivity contribution in [2.24, 2.45) is 0 Å². The number of rotatable bonds is 9. The van der Waals surface area contributed by atoms with Gasteiger partial charge in [-0.25, -0.2) is 4.98 Å².